The van der Waals surface area contributed by atoms with Crippen LogP contribution in [-0.2, 0) is 16.4 Å². The number of rotatable bonds is 4. The summed E-state index contributed by atoms with van der Waals surface area (Å²) in [6.07, 6.45) is 3.73. The molecule has 0 amide bonds. The number of sulfone groups is 1. The van der Waals surface area contributed by atoms with Gasteiger partial charge in [0.2, 0.25) is 0 Å². The minimum atomic E-state index is -2.84. The summed E-state index contributed by atoms with van der Waals surface area (Å²) in [6, 6.07) is 5.68. The van der Waals surface area contributed by atoms with Gasteiger partial charge in [-0.1, -0.05) is 13.0 Å². The van der Waals surface area contributed by atoms with Gasteiger partial charge in [0.05, 0.1) is 0 Å². The van der Waals surface area contributed by atoms with E-state index in [4.69, 9.17) is 0 Å². The first-order valence-corrected chi connectivity index (χ1v) is 6.11. The fraction of sp³-hybridized carbons (Fsp3) is 0.444. The van der Waals surface area contributed by atoms with Gasteiger partial charge in [0.1, 0.15) is 5.75 Å². The van der Waals surface area contributed by atoms with Crippen molar-refractivity contribution in [3.05, 3.63) is 30.6 Å². The molecule has 1 heterocycles. The molecule has 0 unspecified atom stereocenters. The minimum Gasteiger partial charge on any atom is -0.229 e. The molecular weight excluding hydrogens is 186 g/mol. The van der Waals surface area contributed by atoms with E-state index in [9.17, 15) is 8.42 Å². The van der Waals surface area contributed by atoms with Crippen LogP contribution in [0.3, 0.4) is 0 Å². The molecule has 4 heteroatoms. The number of aromatic nitrogens is 1. The number of hydrogen-bond donors (Lipinski definition) is 0. The molecule has 0 aliphatic carbocycles. The van der Waals surface area contributed by atoms with E-state index in [-0.39, 0.29) is 11.5 Å². The molecule has 1 aromatic rings. The molecule has 0 saturated heterocycles. The summed E-state index contributed by atoms with van der Waals surface area (Å²) in [6.45, 7) is 2.21. The highest BCUT2D eigenvalue weighted by Crippen LogP contribution is 1.88. The monoisotopic (exact) mass is 200 g/mol. The third kappa shape index (κ3) is 3.55. The van der Waals surface area contributed by atoms with Gasteiger partial charge in [0.15, 0.2) is 28.8 Å². The van der Waals surface area contributed by atoms with Crippen molar-refractivity contribution in [2.24, 2.45) is 0 Å². The van der Waals surface area contributed by atoms with E-state index >= 15 is 0 Å². The Bertz CT molecular complexity index is 345. The van der Waals surface area contributed by atoms with Crippen molar-refractivity contribution in [2.75, 3.05) is 11.5 Å². The smallest absolute Gasteiger partial charge is 0.168 e. The van der Waals surface area contributed by atoms with Crippen LogP contribution in [0.1, 0.15) is 6.92 Å². The number of aryl methyl sites for hydroxylation is 1. The normalized spacial score (nSPS) is 11.5. The molecule has 0 aromatic carbocycles. The molecule has 0 N–H and O–H groups in total. The average molecular weight is 200 g/mol. The Kier molecular flexibility index (Phi) is 3.42. The third-order valence-electron chi connectivity index (χ3n) is 1.88. The first-order chi connectivity index (χ1) is 6.14. The van der Waals surface area contributed by atoms with Gasteiger partial charge in [-0.3, -0.25) is 0 Å². The van der Waals surface area contributed by atoms with Gasteiger partial charge in [-0.05, 0) is 0 Å². The third-order valence-corrected chi connectivity index (χ3v) is 3.56. The topological polar surface area (TPSA) is 38.0 Å². The van der Waals surface area contributed by atoms with Crippen LogP contribution in [0, 0.1) is 0 Å². The van der Waals surface area contributed by atoms with Crippen molar-refractivity contribution < 1.29 is 13.0 Å². The van der Waals surface area contributed by atoms with Crippen molar-refractivity contribution in [3.8, 4) is 0 Å². The fourth-order valence-electron chi connectivity index (χ4n) is 0.972. The van der Waals surface area contributed by atoms with Crippen molar-refractivity contribution in [1.29, 1.82) is 0 Å². The largest absolute Gasteiger partial charge is 0.229 e. The maximum atomic E-state index is 11.2. The van der Waals surface area contributed by atoms with Crippen molar-refractivity contribution >= 4 is 9.84 Å². The zero-order valence-electron chi connectivity index (χ0n) is 7.68. The molecule has 0 aliphatic rings. The van der Waals surface area contributed by atoms with E-state index < -0.39 is 9.84 Å². The van der Waals surface area contributed by atoms with E-state index in [0.29, 0.717) is 6.54 Å². The van der Waals surface area contributed by atoms with E-state index in [0.717, 1.165) is 0 Å². The summed E-state index contributed by atoms with van der Waals surface area (Å²) in [5.74, 6) is 0.443. The van der Waals surface area contributed by atoms with Crippen LogP contribution in [0.25, 0.3) is 0 Å². The van der Waals surface area contributed by atoms with Crippen LogP contribution in [0.15, 0.2) is 30.6 Å². The lowest BCUT2D eigenvalue weighted by molar-refractivity contribution is -0.692. The van der Waals surface area contributed by atoms with Gasteiger partial charge in [-0.2, -0.15) is 0 Å². The molecule has 1 aromatic heterocycles. The van der Waals surface area contributed by atoms with E-state index in [1.807, 2.05) is 35.2 Å². The van der Waals surface area contributed by atoms with E-state index in [2.05, 4.69) is 0 Å². The SMILES string of the molecule is CCS(=O)(=O)CC[n+]1ccccc1. The molecule has 0 fully saturated rings. The predicted molar refractivity (Wildman–Crippen MR) is 51.0 cm³/mol. The van der Waals surface area contributed by atoms with Gasteiger partial charge in [-0.15, -0.1) is 0 Å². The minimum absolute atomic E-state index is 0.220. The summed E-state index contributed by atoms with van der Waals surface area (Å²) >= 11 is 0. The Morgan fingerprint density at radius 2 is 1.77 bits per heavy atom. The summed E-state index contributed by atoms with van der Waals surface area (Å²) < 4.78 is 24.2. The molecule has 13 heavy (non-hydrogen) atoms. The zero-order chi connectivity index (χ0) is 9.73. The maximum Gasteiger partial charge on any atom is 0.168 e. The summed E-state index contributed by atoms with van der Waals surface area (Å²) in [4.78, 5) is 0. The van der Waals surface area contributed by atoms with Crippen molar-refractivity contribution in [2.45, 2.75) is 13.5 Å². The van der Waals surface area contributed by atoms with E-state index in [1.165, 1.54) is 0 Å². The Hall–Kier alpha value is -0.900. The van der Waals surface area contributed by atoms with Crippen LogP contribution < -0.4 is 4.57 Å². The summed E-state index contributed by atoms with van der Waals surface area (Å²) in [5.41, 5.74) is 0. The zero-order valence-corrected chi connectivity index (χ0v) is 8.50. The van der Waals surface area contributed by atoms with Crippen LogP contribution in [0.2, 0.25) is 0 Å². The molecule has 0 radical (unpaired) electrons. The first kappa shape index (κ1) is 10.2. The molecule has 0 saturated carbocycles. The molecule has 0 atom stereocenters. The Morgan fingerprint density at radius 3 is 2.31 bits per heavy atom. The van der Waals surface area contributed by atoms with Crippen LogP contribution in [0.5, 0.6) is 0 Å². The van der Waals surface area contributed by atoms with Gasteiger partial charge < -0.3 is 0 Å². The van der Waals surface area contributed by atoms with Crippen molar-refractivity contribution in [3.63, 3.8) is 0 Å². The average Bonchev–Trinajstić information content (AvgIpc) is 2.17. The highest BCUT2D eigenvalue weighted by molar-refractivity contribution is 7.91. The van der Waals surface area contributed by atoms with Gasteiger partial charge in [-0.25, -0.2) is 13.0 Å². The lowest BCUT2D eigenvalue weighted by atomic mass is 10.5. The second kappa shape index (κ2) is 4.37. The highest BCUT2D eigenvalue weighted by atomic mass is 32.2. The van der Waals surface area contributed by atoms with Crippen molar-refractivity contribution in [1.82, 2.24) is 0 Å². The van der Waals surface area contributed by atoms with Gasteiger partial charge >= 0.3 is 0 Å². The number of pyridine rings is 1. The maximum absolute atomic E-state index is 11.2. The standard InChI is InChI=1S/C9H14NO2S/c1-2-13(11,12)9-8-10-6-4-3-5-7-10/h3-7H,2,8-9H2,1H3/q+1. The molecule has 0 spiro atoms. The summed E-state index contributed by atoms with van der Waals surface area (Å²) in [5, 5.41) is 0. The Balaban J connectivity index is 2.54. The first-order valence-electron chi connectivity index (χ1n) is 4.28. The van der Waals surface area contributed by atoms with Gasteiger partial charge in [0.25, 0.3) is 0 Å². The predicted octanol–water partition coefficient (Wildman–Crippen LogP) is 0.409. The molecule has 3 nitrogen and oxygen atoms in total. The number of hydrogen-bond acceptors (Lipinski definition) is 2. The lowest BCUT2D eigenvalue weighted by Crippen LogP contribution is -2.36. The van der Waals surface area contributed by atoms with E-state index in [1.54, 1.807) is 6.92 Å². The van der Waals surface area contributed by atoms with Crippen LogP contribution >= 0.6 is 0 Å². The molecule has 0 bridgehead atoms. The highest BCUT2D eigenvalue weighted by Gasteiger charge is 2.10. The summed E-state index contributed by atoms with van der Waals surface area (Å²) in [7, 11) is -2.84. The Morgan fingerprint density at radius 1 is 1.15 bits per heavy atom. The fourth-order valence-corrected chi connectivity index (χ4v) is 1.75. The second-order valence-corrected chi connectivity index (χ2v) is 5.32. The molecule has 0 aliphatic heterocycles. The molecule has 1 rings (SSSR count). The molecule has 72 valence electrons. The van der Waals surface area contributed by atoms with Gasteiger partial charge in [0, 0.05) is 17.9 Å². The Labute approximate surface area is 78.9 Å². The molecular formula is C9H14NO2S+. The quantitative estimate of drug-likeness (QED) is 0.660. The number of nitrogens with zero attached hydrogens (tertiary/aromatic N) is 1. The van der Waals surface area contributed by atoms with Crippen LogP contribution in [-0.4, -0.2) is 19.9 Å². The second-order valence-electron chi connectivity index (χ2n) is 2.85. The van der Waals surface area contributed by atoms with Crippen LogP contribution in [0.4, 0.5) is 0 Å². The lowest BCUT2D eigenvalue weighted by Gasteiger charge is -1.97.